The van der Waals surface area contributed by atoms with Crippen LogP contribution in [0, 0.1) is 0 Å². The van der Waals surface area contributed by atoms with Gasteiger partial charge in [-0.2, -0.15) is 10.2 Å². The molecule has 0 amide bonds. The number of aromatic nitrogens is 2. The molecule has 18 heavy (non-hydrogen) atoms. The summed E-state index contributed by atoms with van der Waals surface area (Å²) in [6.45, 7) is 0.719. The van der Waals surface area contributed by atoms with E-state index in [4.69, 9.17) is 11.5 Å². The summed E-state index contributed by atoms with van der Waals surface area (Å²) in [4.78, 5) is 0. The van der Waals surface area contributed by atoms with E-state index in [1.165, 1.54) is 5.56 Å². The van der Waals surface area contributed by atoms with Gasteiger partial charge in [0.05, 0.1) is 19.0 Å². The molecule has 2 rings (SSSR count). The first-order chi connectivity index (χ1) is 8.74. The number of rotatable bonds is 4. The van der Waals surface area contributed by atoms with E-state index in [1.54, 1.807) is 12.4 Å². The molecule has 6 nitrogen and oxygen atoms in total. The van der Waals surface area contributed by atoms with Gasteiger partial charge in [0.2, 0.25) is 5.96 Å². The molecule has 1 heterocycles. The van der Waals surface area contributed by atoms with Gasteiger partial charge in [0.15, 0.2) is 0 Å². The van der Waals surface area contributed by atoms with Crippen LogP contribution >= 0.6 is 0 Å². The zero-order valence-corrected chi connectivity index (χ0v) is 9.77. The first-order valence-corrected chi connectivity index (χ1v) is 5.42. The van der Waals surface area contributed by atoms with Crippen LogP contribution in [-0.4, -0.2) is 22.0 Å². The van der Waals surface area contributed by atoms with Gasteiger partial charge in [-0.15, -0.1) is 5.10 Å². The monoisotopic (exact) mass is 242 g/mol. The highest BCUT2D eigenvalue weighted by molar-refractivity contribution is 5.80. The van der Waals surface area contributed by atoms with Crippen molar-refractivity contribution in [1.82, 2.24) is 9.78 Å². The van der Waals surface area contributed by atoms with Gasteiger partial charge in [-0.05, 0) is 5.56 Å². The summed E-state index contributed by atoms with van der Waals surface area (Å²) in [6, 6.07) is 10.1. The lowest BCUT2D eigenvalue weighted by atomic mass is 10.2. The number of benzene rings is 1. The topological polar surface area (TPSA) is 94.6 Å². The van der Waals surface area contributed by atoms with Gasteiger partial charge >= 0.3 is 0 Å². The Morgan fingerprint density at radius 3 is 2.78 bits per heavy atom. The molecule has 0 radical (unpaired) electrons. The fourth-order valence-electron chi connectivity index (χ4n) is 1.47. The average Bonchev–Trinajstić information content (AvgIpc) is 2.78. The van der Waals surface area contributed by atoms with E-state index in [2.05, 4.69) is 27.4 Å². The fourth-order valence-corrected chi connectivity index (χ4v) is 1.47. The van der Waals surface area contributed by atoms with Crippen LogP contribution in [0.2, 0.25) is 0 Å². The highest BCUT2D eigenvalue weighted by Gasteiger charge is 1.97. The largest absolute Gasteiger partial charge is 0.369 e. The Morgan fingerprint density at radius 2 is 2.06 bits per heavy atom. The molecule has 0 aliphatic heterocycles. The van der Waals surface area contributed by atoms with Gasteiger partial charge in [0.25, 0.3) is 0 Å². The Hall–Kier alpha value is -2.63. The van der Waals surface area contributed by atoms with Gasteiger partial charge in [-0.25, -0.2) is 0 Å². The van der Waals surface area contributed by atoms with Crippen LogP contribution in [0.25, 0.3) is 0 Å². The van der Waals surface area contributed by atoms with Crippen LogP contribution in [0.4, 0.5) is 0 Å². The molecule has 0 fully saturated rings. The second-order valence-electron chi connectivity index (χ2n) is 3.73. The van der Waals surface area contributed by atoms with Crippen molar-refractivity contribution in [3.8, 4) is 0 Å². The van der Waals surface area contributed by atoms with Crippen molar-refractivity contribution in [3.63, 3.8) is 0 Å². The molecular formula is C12H14N6. The van der Waals surface area contributed by atoms with Gasteiger partial charge in [-0.3, -0.25) is 4.68 Å². The third-order valence-electron chi connectivity index (χ3n) is 2.22. The molecule has 6 heteroatoms. The number of nitrogens with two attached hydrogens (primary N) is 2. The lowest BCUT2D eigenvalue weighted by molar-refractivity contribution is 0.687. The maximum atomic E-state index is 5.16. The van der Waals surface area contributed by atoms with Crippen molar-refractivity contribution in [2.24, 2.45) is 21.7 Å². The predicted molar refractivity (Wildman–Crippen MR) is 71.2 cm³/mol. The van der Waals surface area contributed by atoms with Crippen LogP contribution < -0.4 is 11.5 Å². The molecule has 0 bridgehead atoms. The Balaban J connectivity index is 2.03. The second-order valence-corrected chi connectivity index (χ2v) is 3.73. The lowest BCUT2D eigenvalue weighted by Crippen LogP contribution is -2.21. The van der Waals surface area contributed by atoms with Crippen LogP contribution in [0.3, 0.4) is 0 Å². The minimum atomic E-state index is -0.0667. The van der Waals surface area contributed by atoms with E-state index < -0.39 is 0 Å². The van der Waals surface area contributed by atoms with E-state index in [-0.39, 0.29) is 5.96 Å². The van der Waals surface area contributed by atoms with E-state index in [9.17, 15) is 0 Å². The number of hydrogen-bond acceptors (Lipinski definition) is 3. The molecule has 0 saturated heterocycles. The second kappa shape index (κ2) is 5.62. The van der Waals surface area contributed by atoms with E-state index in [0.29, 0.717) is 0 Å². The molecule has 0 aliphatic rings. The maximum Gasteiger partial charge on any atom is 0.211 e. The van der Waals surface area contributed by atoms with Crippen LogP contribution in [0.1, 0.15) is 11.1 Å². The summed E-state index contributed by atoms with van der Waals surface area (Å²) in [7, 11) is 0. The van der Waals surface area contributed by atoms with E-state index in [1.807, 2.05) is 29.1 Å². The standard InChI is InChI=1S/C12H14N6/c13-12(14)17-15-6-11-7-16-18(9-11)8-10-4-2-1-3-5-10/h1-7,9H,8H2,(H4,13,14,17). The number of guanidine groups is 1. The zero-order chi connectivity index (χ0) is 12.8. The summed E-state index contributed by atoms with van der Waals surface area (Å²) in [5.41, 5.74) is 12.3. The predicted octanol–water partition coefficient (Wildman–Crippen LogP) is 0.539. The SMILES string of the molecule is NC(N)=NN=Cc1cnn(Cc2ccccc2)c1. The van der Waals surface area contributed by atoms with Crippen LogP contribution in [0.15, 0.2) is 52.9 Å². The third kappa shape index (κ3) is 3.44. The van der Waals surface area contributed by atoms with Crippen molar-refractivity contribution in [2.75, 3.05) is 0 Å². The fraction of sp³-hybridized carbons (Fsp3) is 0.0833. The number of hydrogen-bond donors (Lipinski definition) is 2. The zero-order valence-electron chi connectivity index (χ0n) is 9.77. The van der Waals surface area contributed by atoms with Gasteiger partial charge < -0.3 is 11.5 Å². The molecule has 0 saturated carbocycles. The maximum absolute atomic E-state index is 5.16. The lowest BCUT2D eigenvalue weighted by Gasteiger charge is -2.00. The van der Waals surface area contributed by atoms with E-state index in [0.717, 1.165) is 12.1 Å². The van der Waals surface area contributed by atoms with Gasteiger partial charge in [0, 0.05) is 11.8 Å². The highest BCUT2D eigenvalue weighted by atomic mass is 15.3. The molecule has 0 atom stereocenters. The summed E-state index contributed by atoms with van der Waals surface area (Å²) in [5.74, 6) is -0.0667. The summed E-state index contributed by atoms with van der Waals surface area (Å²) in [5, 5.41) is 11.5. The van der Waals surface area contributed by atoms with Crippen molar-refractivity contribution in [3.05, 3.63) is 53.9 Å². The van der Waals surface area contributed by atoms with Crippen LogP contribution in [-0.2, 0) is 6.54 Å². The molecule has 2 aromatic rings. The smallest absolute Gasteiger partial charge is 0.211 e. The Bertz CT molecular complexity index is 551. The average molecular weight is 242 g/mol. The van der Waals surface area contributed by atoms with E-state index >= 15 is 0 Å². The molecule has 0 aliphatic carbocycles. The van der Waals surface area contributed by atoms with Crippen LogP contribution in [0.5, 0.6) is 0 Å². The molecule has 1 aromatic heterocycles. The minimum absolute atomic E-state index is 0.0667. The molecule has 92 valence electrons. The van der Waals surface area contributed by atoms with Crippen molar-refractivity contribution in [2.45, 2.75) is 6.54 Å². The number of nitrogens with zero attached hydrogens (tertiary/aromatic N) is 4. The van der Waals surface area contributed by atoms with Gasteiger partial charge in [0.1, 0.15) is 0 Å². The molecular weight excluding hydrogens is 228 g/mol. The summed E-state index contributed by atoms with van der Waals surface area (Å²) < 4.78 is 1.83. The third-order valence-corrected chi connectivity index (χ3v) is 2.22. The Labute approximate surface area is 105 Å². The highest BCUT2D eigenvalue weighted by Crippen LogP contribution is 2.02. The minimum Gasteiger partial charge on any atom is -0.369 e. The first-order valence-electron chi connectivity index (χ1n) is 5.42. The summed E-state index contributed by atoms with van der Waals surface area (Å²) in [6.07, 6.45) is 5.13. The normalized spacial score (nSPS) is 10.7. The Kier molecular flexibility index (Phi) is 3.70. The molecule has 0 spiro atoms. The quantitative estimate of drug-likeness (QED) is 0.465. The van der Waals surface area contributed by atoms with Crippen molar-refractivity contribution in [1.29, 1.82) is 0 Å². The molecule has 4 N–H and O–H groups in total. The molecule has 0 unspecified atom stereocenters. The van der Waals surface area contributed by atoms with Crippen molar-refractivity contribution >= 4 is 12.2 Å². The first kappa shape index (κ1) is 11.8. The summed E-state index contributed by atoms with van der Waals surface area (Å²) >= 11 is 0. The molecule has 1 aromatic carbocycles. The van der Waals surface area contributed by atoms with Gasteiger partial charge in [-0.1, -0.05) is 30.3 Å². The Morgan fingerprint density at radius 1 is 1.28 bits per heavy atom. The van der Waals surface area contributed by atoms with Crippen molar-refractivity contribution < 1.29 is 0 Å².